The van der Waals surface area contributed by atoms with E-state index >= 15 is 0 Å². The van der Waals surface area contributed by atoms with E-state index in [4.69, 9.17) is 5.11 Å². The van der Waals surface area contributed by atoms with E-state index in [9.17, 15) is 5.11 Å². The molecular formula is C14H22O2. The molecule has 1 atom stereocenters. The molecular weight excluding hydrogens is 200 g/mol. The fraction of sp³-hybridized carbons (Fsp3) is 0.571. The molecule has 90 valence electrons. The zero-order valence-electron chi connectivity index (χ0n) is 10.2. The first-order valence-electron chi connectivity index (χ1n) is 6.01. The van der Waals surface area contributed by atoms with E-state index in [2.05, 4.69) is 38.1 Å². The number of hydrogen-bond donors (Lipinski definition) is 2. The maximum Gasteiger partial charge on any atom is 0.0581 e. The van der Waals surface area contributed by atoms with Gasteiger partial charge in [0.25, 0.3) is 0 Å². The van der Waals surface area contributed by atoms with Crippen LogP contribution in [-0.4, -0.2) is 22.9 Å². The molecule has 2 nitrogen and oxygen atoms in total. The third kappa shape index (κ3) is 4.33. The lowest BCUT2D eigenvalue weighted by atomic mass is 9.99. The molecule has 2 N–H and O–H groups in total. The van der Waals surface area contributed by atoms with Crippen LogP contribution in [0.2, 0.25) is 0 Å². The molecule has 2 heteroatoms. The molecule has 0 saturated carbocycles. The van der Waals surface area contributed by atoms with Gasteiger partial charge in [-0.05, 0) is 36.3 Å². The number of aliphatic hydroxyl groups excluding tert-OH is 2. The molecule has 0 aliphatic heterocycles. The number of rotatable bonds is 6. The molecule has 0 saturated heterocycles. The molecule has 16 heavy (non-hydrogen) atoms. The quantitative estimate of drug-likeness (QED) is 0.776. The minimum absolute atomic E-state index is 0.156. The summed E-state index contributed by atoms with van der Waals surface area (Å²) < 4.78 is 0. The minimum Gasteiger partial charge on any atom is -0.396 e. The molecule has 0 aliphatic carbocycles. The van der Waals surface area contributed by atoms with E-state index in [1.54, 1.807) is 0 Å². The molecule has 0 aliphatic rings. The summed E-state index contributed by atoms with van der Waals surface area (Å²) in [5.41, 5.74) is 2.49. The summed E-state index contributed by atoms with van der Waals surface area (Å²) in [6, 6.07) is 8.41. The smallest absolute Gasteiger partial charge is 0.0581 e. The second-order valence-corrected chi connectivity index (χ2v) is 4.62. The van der Waals surface area contributed by atoms with Gasteiger partial charge in [-0.25, -0.2) is 0 Å². The van der Waals surface area contributed by atoms with Gasteiger partial charge in [-0.2, -0.15) is 0 Å². The second kappa shape index (κ2) is 6.66. The zero-order valence-corrected chi connectivity index (χ0v) is 10.2. The lowest BCUT2D eigenvalue weighted by Crippen LogP contribution is -2.11. The molecule has 0 radical (unpaired) electrons. The van der Waals surface area contributed by atoms with Crippen LogP contribution in [0.4, 0.5) is 0 Å². The average Bonchev–Trinajstić information content (AvgIpc) is 2.27. The van der Waals surface area contributed by atoms with Crippen molar-refractivity contribution in [3.63, 3.8) is 0 Å². The normalized spacial score (nSPS) is 13.1. The third-order valence-electron chi connectivity index (χ3n) is 2.81. The minimum atomic E-state index is -0.336. The van der Waals surface area contributed by atoms with Crippen LogP contribution in [0.3, 0.4) is 0 Å². The first-order chi connectivity index (χ1) is 7.63. The molecule has 0 aromatic heterocycles. The van der Waals surface area contributed by atoms with Crippen LogP contribution >= 0.6 is 0 Å². The summed E-state index contributed by atoms with van der Waals surface area (Å²) in [5.74, 6) is 0.549. The standard InChI is InChI=1S/C14H22O2/c1-11(2)13-7-5-12(6-8-13)10-14(16)4-3-9-15/h5-8,11,14-16H,3-4,9-10H2,1-2H3. The molecule has 1 aromatic carbocycles. The number of hydrogen-bond acceptors (Lipinski definition) is 2. The molecule has 0 spiro atoms. The van der Waals surface area contributed by atoms with E-state index < -0.39 is 0 Å². The fourth-order valence-electron chi connectivity index (χ4n) is 1.74. The van der Waals surface area contributed by atoms with Crippen LogP contribution in [0.5, 0.6) is 0 Å². The maximum absolute atomic E-state index is 9.70. The van der Waals surface area contributed by atoms with Crippen molar-refractivity contribution in [2.24, 2.45) is 0 Å². The number of aliphatic hydroxyl groups is 2. The maximum atomic E-state index is 9.70. The van der Waals surface area contributed by atoms with Gasteiger partial charge in [-0.1, -0.05) is 38.1 Å². The van der Waals surface area contributed by atoms with Gasteiger partial charge >= 0.3 is 0 Å². The van der Waals surface area contributed by atoms with Crippen molar-refractivity contribution >= 4 is 0 Å². The Balaban J connectivity index is 2.48. The highest BCUT2D eigenvalue weighted by atomic mass is 16.3. The van der Waals surface area contributed by atoms with Gasteiger partial charge in [0.15, 0.2) is 0 Å². The highest BCUT2D eigenvalue weighted by Gasteiger charge is 2.05. The summed E-state index contributed by atoms with van der Waals surface area (Å²) in [6.45, 7) is 4.50. The lowest BCUT2D eigenvalue weighted by Gasteiger charge is -2.11. The molecule has 1 unspecified atom stereocenters. The van der Waals surface area contributed by atoms with Gasteiger partial charge in [-0.15, -0.1) is 0 Å². The Labute approximate surface area is 97.9 Å². The third-order valence-corrected chi connectivity index (χ3v) is 2.81. The Hall–Kier alpha value is -0.860. The highest BCUT2D eigenvalue weighted by Crippen LogP contribution is 2.16. The molecule has 1 aromatic rings. The molecule has 0 amide bonds. The highest BCUT2D eigenvalue weighted by molar-refractivity contribution is 5.25. The van der Waals surface area contributed by atoms with Crippen LogP contribution in [0, 0.1) is 0 Å². The van der Waals surface area contributed by atoms with Crippen molar-refractivity contribution in [2.45, 2.75) is 45.1 Å². The summed E-state index contributed by atoms with van der Waals surface area (Å²) in [6.07, 6.45) is 1.68. The zero-order chi connectivity index (χ0) is 12.0. The first-order valence-corrected chi connectivity index (χ1v) is 6.01. The molecule has 1 rings (SSSR count). The Morgan fingerprint density at radius 2 is 1.75 bits per heavy atom. The summed E-state index contributed by atoms with van der Waals surface area (Å²) in [5, 5.41) is 18.4. The van der Waals surface area contributed by atoms with Gasteiger partial charge in [-0.3, -0.25) is 0 Å². The van der Waals surface area contributed by atoms with E-state index in [0.29, 0.717) is 25.2 Å². The van der Waals surface area contributed by atoms with E-state index in [1.807, 2.05) is 0 Å². The second-order valence-electron chi connectivity index (χ2n) is 4.62. The summed E-state index contributed by atoms with van der Waals surface area (Å²) in [4.78, 5) is 0. The van der Waals surface area contributed by atoms with Crippen LogP contribution in [-0.2, 0) is 6.42 Å². The fourth-order valence-corrected chi connectivity index (χ4v) is 1.74. The molecule has 0 bridgehead atoms. The van der Waals surface area contributed by atoms with Crippen LogP contribution in [0.1, 0.15) is 43.7 Å². The molecule has 0 fully saturated rings. The monoisotopic (exact) mass is 222 g/mol. The lowest BCUT2D eigenvalue weighted by molar-refractivity contribution is 0.150. The van der Waals surface area contributed by atoms with Crippen molar-refractivity contribution in [3.8, 4) is 0 Å². The molecule has 0 heterocycles. The Morgan fingerprint density at radius 1 is 1.12 bits per heavy atom. The topological polar surface area (TPSA) is 40.5 Å². The van der Waals surface area contributed by atoms with Crippen LogP contribution in [0.25, 0.3) is 0 Å². The van der Waals surface area contributed by atoms with Crippen molar-refractivity contribution in [2.75, 3.05) is 6.61 Å². The van der Waals surface area contributed by atoms with E-state index in [1.165, 1.54) is 5.56 Å². The van der Waals surface area contributed by atoms with Crippen LogP contribution < -0.4 is 0 Å². The summed E-state index contributed by atoms with van der Waals surface area (Å²) in [7, 11) is 0. The van der Waals surface area contributed by atoms with Crippen LogP contribution in [0.15, 0.2) is 24.3 Å². The van der Waals surface area contributed by atoms with E-state index in [0.717, 1.165) is 5.56 Å². The van der Waals surface area contributed by atoms with Crippen molar-refractivity contribution in [1.29, 1.82) is 0 Å². The Bertz CT molecular complexity index is 290. The largest absolute Gasteiger partial charge is 0.396 e. The Morgan fingerprint density at radius 3 is 2.25 bits per heavy atom. The predicted molar refractivity (Wildman–Crippen MR) is 66.6 cm³/mol. The average molecular weight is 222 g/mol. The Kier molecular flexibility index (Phi) is 5.50. The van der Waals surface area contributed by atoms with Gasteiger partial charge in [0.2, 0.25) is 0 Å². The summed E-state index contributed by atoms with van der Waals surface area (Å²) >= 11 is 0. The van der Waals surface area contributed by atoms with Gasteiger partial charge in [0.1, 0.15) is 0 Å². The van der Waals surface area contributed by atoms with Crippen molar-refractivity contribution in [1.82, 2.24) is 0 Å². The first kappa shape index (κ1) is 13.2. The van der Waals surface area contributed by atoms with Gasteiger partial charge in [0, 0.05) is 6.61 Å². The number of benzene rings is 1. The van der Waals surface area contributed by atoms with Crippen molar-refractivity contribution in [3.05, 3.63) is 35.4 Å². The van der Waals surface area contributed by atoms with Gasteiger partial charge < -0.3 is 10.2 Å². The van der Waals surface area contributed by atoms with Crippen molar-refractivity contribution < 1.29 is 10.2 Å². The predicted octanol–water partition coefficient (Wildman–Crippen LogP) is 2.49. The SMILES string of the molecule is CC(C)c1ccc(CC(O)CCCO)cc1. The van der Waals surface area contributed by atoms with Gasteiger partial charge in [0.05, 0.1) is 6.10 Å². The van der Waals surface area contributed by atoms with E-state index in [-0.39, 0.29) is 12.7 Å².